The Morgan fingerprint density at radius 3 is 2.32 bits per heavy atom. The van der Waals surface area contributed by atoms with Crippen molar-refractivity contribution in [1.82, 2.24) is 5.32 Å². The maximum atomic E-state index is 12.8. The normalized spacial score (nSPS) is 17.7. The highest BCUT2D eigenvalue weighted by Crippen LogP contribution is 2.42. The van der Waals surface area contributed by atoms with Gasteiger partial charge < -0.3 is 19.9 Å². The van der Waals surface area contributed by atoms with Crippen LogP contribution in [0.15, 0.2) is 46.8 Å². The van der Waals surface area contributed by atoms with Gasteiger partial charge in [0.1, 0.15) is 6.61 Å². The number of dihydropyridines is 1. The molecule has 0 saturated heterocycles. The number of nitro groups is 1. The van der Waals surface area contributed by atoms with Crippen LogP contribution in [-0.2, 0) is 19.1 Å². The van der Waals surface area contributed by atoms with Crippen LogP contribution < -0.4 is 5.32 Å². The van der Waals surface area contributed by atoms with E-state index in [9.17, 15) is 24.8 Å². The van der Waals surface area contributed by atoms with Crippen LogP contribution in [0.4, 0.5) is 5.69 Å². The Hall–Kier alpha value is -3.20. The number of aliphatic hydroxyl groups excluding tert-OH is 1. The van der Waals surface area contributed by atoms with E-state index >= 15 is 0 Å². The van der Waals surface area contributed by atoms with Gasteiger partial charge in [0.25, 0.3) is 5.69 Å². The minimum atomic E-state index is -1.06. The molecule has 1 aromatic rings. The van der Waals surface area contributed by atoms with E-state index < -0.39 is 28.9 Å². The number of aliphatic hydroxyl groups is 1. The zero-order valence-corrected chi connectivity index (χ0v) is 16.0. The van der Waals surface area contributed by atoms with E-state index in [4.69, 9.17) is 9.47 Å². The summed E-state index contributed by atoms with van der Waals surface area (Å²) in [5, 5.41) is 23.9. The Morgan fingerprint density at radius 1 is 1.21 bits per heavy atom. The lowest BCUT2D eigenvalue weighted by Gasteiger charge is -2.30. The lowest BCUT2D eigenvalue weighted by molar-refractivity contribution is -0.385. The zero-order chi connectivity index (χ0) is 21.0. The number of hydrogen-bond donors (Lipinski definition) is 2. The maximum Gasteiger partial charge on any atom is 0.336 e. The predicted octanol–water partition coefficient (Wildman–Crippen LogP) is 1.93. The van der Waals surface area contributed by atoms with E-state index in [1.807, 2.05) is 0 Å². The van der Waals surface area contributed by atoms with Crippen molar-refractivity contribution in [3.8, 4) is 0 Å². The van der Waals surface area contributed by atoms with Gasteiger partial charge in [-0.2, -0.15) is 0 Å². The SMILES string of the molecule is COC(=O)C1=C(C)NC(C)=C(C(=O)OC[C@@H](C)O)[C@@H]1c1ccccc1[N+](=O)[O-]. The summed E-state index contributed by atoms with van der Waals surface area (Å²) in [6.07, 6.45) is -0.886. The van der Waals surface area contributed by atoms with E-state index in [2.05, 4.69) is 5.32 Å². The number of ether oxygens (including phenoxy) is 2. The molecule has 0 radical (unpaired) electrons. The average Bonchev–Trinajstić information content (AvgIpc) is 2.64. The number of nitrogens with zero attached hydrogens (tertiary/aromatic N) is 1. The fraction of sp³-hybridized carbons (Fsp3) is 0.368. The summed E-state index contributed by atoms with van der Waals surface area (Å²) in [6, 6.07) is 5.87. The molecule has 0 unspecified atom stereocenters. The molecule has 2 rings (SSSR count). The Kier molecular flexibility index (Phi) is 6.53. The van der Waals surface area contributed by atoms with Gasteiger partial charge in [-0.1, -0.05) is 18.2 Å². The summed E-state index contributed by atoms with van der Waals surface area (Å²) < 4.78 is 9.98. The highest BCUT2D eigenvalue weighted by molar-refractivity contribution is 6.00. The van der Waals surface area contributed by atoms with Crippen LogP contribution in [-0.4, -0.2) is 41.8 Å². The first-order chi connectivity index (χ1) is 13.2. The molecule has 2 atom stereocenters. The average molecular weight is 390 g/mol. The number of benzene rings is 1. The molecule has 1 heterocycles. The van der Waals surface area contributed by atoms with Crippen LogP contribution in [0.25, 0.3) is 0 Å². The first kappa shape index (κ1) is 21.1. The summed E-state index contributed by atoms with van der Waals surface area (Å²) in [6.45, 7) is 4.43. The number of rotatable bonds is 6. The summed E-state index contributed by atoms with van der Waals surface area (Å²) in [7, 11) is 1.19. The lowest BCUT2D eigenvalue weighted by Crippen LogP contribution is -2.33. The topological polar surface area (TPSA) is 128 Å². The molecule has 9 heteroatoms. The lowest BCUT2D eigenvalue weighted by atomic mass is 9.79. The van der Waals surface area contributed by atoms with Gasteiger partial charge in [-0.25, -0.2) is 9.59 Å². The number of carbonyl (C=O) groups excluding carboxylic acids is 2. The molecule has 2 N–H and O–H groups in total. The number of esters is 2. The Balaban J connectivity index is 2.69. The fourth-order valence-electron chi connectivity index (χ4n) is 3.13. The fourth-order valence-corrected chi connectivity index (χ4v) is 3.13. The first-order valence-corrected chi connectivity index (χ1v) is 8.54. The van der Waals surface area contributed by atoms with E-state index in [0.717, 1.165) is 0 Å². The van der Waals surface area contributed by atoms with E-state index in [0.29, 0.717) is 11.4 Å². The van der Waals surface area contributed by atoms with E-state index in [1.165, 1.54) is 32.2 Å². The molecule has 1 aliphatic heterocycles. The molecule has 0 amide bonds. The van der Waals surface area contributed by atoms with Gasteiger partial charge in [-0.3, -0.25) is 10.1 Å². The molecule has 150 valence electrons. The second kappa shape index (κ2) is 8.66. The molecular formula is C19H22N2O7. The van der Waals surface area contributed by atoms with Crippen LogP contribution in [0.1, 0.15) is 32.3 Å². The molecule has 9 nitrogen and oxygen atoms in total. The highest BCUT2D eigenvalue weighted by Gasteiger charge is 2.40. The molecule has 0 bridgehead atoms. The van der Waals surface area contributed by atoms with Crippen molar-refractivity contribution in [2.75, 3.05) is 13.7 Å². The van der Waals surface area contributed by atoms with Crippen LogP contribution in [0, 0.1) is 10.1 Å². The number of nitrogens with one attached hydrogen (secondary N) is 1. The first-order valence-electron chi connectivity index (χ1n) is 8.54. The van der Waals surface area contributed by atoms with Gasteiger partial charge in [0.2, 0.25) is 0 Å². The van der Waals surface area contributed by atoms with Crippen molar-refractivity contribution in [2.24, 2.45) is 0 Å². The van der Waals surface area contributed by atoms with Crippen LogP contribution in [0.3, 0.4) is 0 Å². The molecule has 0 fully saturated rings. The number of hydrogen-bond acceptors (Lipinski definition) is 8. The minimum absolute atomic E-state index is 0.0425. The quantitative estimate of drug-likeness (QED) is 0.428. The van der Waals surface area contributed by atoms with Gasteiger partial charge in [-0.05, 0) is 20.8 Å². The molecular weight excluding hydrogens is 368 g/mol. The molecule has 0 saturated carbocycles. The third kappa shape index (κ3) is 4.20. The van der Waals surface area contributed by atoms with Crippen molar-refractivity contribution in [3.05, 3.63) is 62.5 Å². The third-order valence-corrected chi connectivity index (χ3v) is 4.29. The Labute approximate surface area is 161 Å². The maximum absolute atomic E-state index is 12.8. The van der Waals surface area contributed by atoms with Gasteiger partial charge in [-0.15, -0.1) is 0 Å². The smallest absolute Gasteiger partial charge is 0.336 e. The van der Waals surface area contributed by atoms with Crippen molar-refractivity contribution >= 4 is 17.6 Å². The largest absolute Gasteiger partial charge is 0.466 e. The monoisotopic (exact) mass is 390 g/mol. The van der Waals surface area contributed by atoms with Gasteiger partial charge >= 0.3 is 11.9 Å². The molecule has 1 aliphatic rings. The van der Waals surface area contributed by atoms with Crippen LogP contribution in [0.5, 0.6) is 0 Å². The van der Waals surface area contributed by atoms with Crippen molar-refractivity contribution in [1.29, 1.82) is 0 Å². The molecule has 1 aromatic carbocycles. The number of methoxy groups -OCH3 is 1. The van der Waals surface area contributed by atoms with Crippen molar-refractivity contribution in [2.45, 2.75) is 32.8 Å². The Bertz CT molecular complexity index is 871. The number of nitro benzene ring substituents is 1. The summed E-state index contributed by atoms with van der Waals surface area (Å²) >= 11 is 0. The Morgan fingerprint density at radius 2 is 1.79 bits per heavy atom. The summed E-state index contributed by atoms with van der Waals surface area (Å²) in [5.41, 5.74) is 0.852. The minimum Gasteiger partial charge on any atom is -0.466 e. The van der Waals surface area contributed by atoms with Crippen molar-refractivity contribution < 1.29 is 29.1 Å². The second-order valence-corrected chi connectivity index (χ2v) is 6.39. The predicted molar refractivity (Wildman–Crippen MR) is 99.0 cm³/mol. The standard InChI is InChI=1S/C19H22N2O7/c1-10(22)9-28-19(24)16-12(3)20-11(2)15(18(23)27-4)17(16)13-7-5-6-8-14(13)21(25)26/h5-8,10,17,20,22H,9H2,1-4H3/t10-,17-/m1/s1. The molecule has 0 spiro atoms. The number of para-hydroxylation sites is 1. The van der Waals surface area contributed by atoms with Gasteiger partial charge in [0.15, 0.2) is 0 Å². The van der Waals surface area contributed by atoms with Crippen LogP contribution in [0.2, 0.25) is 0 Å². The van der Waals surface area contributed by atoms with Crippen LogP contribution >= 0.6 is 0 Å². The number of allylic oxidation sites excluding steroid dienone is 2. The van der Waals surface area contributed by atoms with E-state index in [-0.39, 0.29) is 29.0 Å². The van der Waals surface area contributed by atoms with Gasteiger partial charge in [0, 0.05) is 23.0 Å². The summed E-state index contributed by atoms with van der Waals surface area (Å²) in [4.78, 5) is 36.2. The highest BCUT2D eigenvalue weighted by atomic mass is 16.6. The second-order valence-electron chi connectivity index (χ2n) is 6.39. The third-order valence-electron chi connectivity index (χ3n) is 4.29. The number of carbonyl (C=O) groups is 2. The van der Waals surface area contributed by atoms with Gasteiger partial charge in [0.05, 0.1) is 35.2 Å². The van der Waals surface area contributed by atoms with E-state index in [1.54, 1.807) is 19.9 Å². The van der Waals surface area contributed by atoms with Crippen molar-refractivity contribution in [3.63, 3.8) is 0 Å². The summed E-state index contributed by atoms with van der Waals surface area (Å²) in [5.74, 6) is -2.57. The molecule has 28 heavy (non-hydrogen) atoms. The molecule has 0 aromatic heterocycles. The molecule has 0 aliphatic carbocycles. The zero-order valence-electron chi connectivity index (χ0n) is 16.0.